The van der Waals surface area contributed by atoms with E-state index in [1.165, 1.54) is 6.07 Å². The minimum Gasteiger partial charge on any atom is -0.480 e. The number of hydrogen-bond donors (Lipinski definition) is 2. The first-order chi connectivity index (χ1) is 11.5. The molecule has 0 amide bonds. The van der Waals surface area contributed by atoms with Gasteiger partial charge in [0, 0.05) is 0 Å². The van der Waals surface area contributed by atoms with Crippen molar-refractivity contribution in [1.82, 2.24) is 13.5 Å². The summed E-state index contributed by atoms with van der Waals surface area (Å²) in [5.41, 5.74) is 1.41. The maximum absolute atomic E-state index is 12.6. The average molecular weight is 363 g/mol. The number of aromatic nitrogens is 2. The highest BCUT2D eigenvalue weighted by Crippen LogP contribution is 2.21. The number of rotatable bonds is 6. The number of carboxylic acids is 1. The van der Waals surface area contributed by atoms with Crippen LogP contribution in [-0.2, 0) is 21.2 Å². The third kappa shape index (κ3) is 3.42. The zero-order valence-electron chi connectivity index (χ0n) is 12.3. The summed E-state index contributed by atoms with van der Waals surface area (Å²) in [6, 6.07) is 12.1. The number of fused-ring (bicyclic) bond motifs is 1. The van der Waals surface area contributed by atoms with E-state index in [2.05, 4.69) is 13.5 Å². The van der Waals surface area contributed by atoms with Crippen LogP contribution in [0.4, 0.5) is 0 Å². The Morgan fingerprint density at radius 2 is 1.88 bits per heavy atom. The van der Waals surface area contributed by atoms with E-state index in [-0.39, 0.29) is 16.8 Å². The Balaban J connectivity index is 1.91. The van der Waals surface area contributed by atoms with Gasteiger partial charge >= 0.3 is 5.97 Å². The summed E-state index contributed by atoms with van der Waals surface area (Å²) in [6.07, 6.45) is 0.0424. The van der Waals surface area contributed by atoms with Gasteiger partial charge in [0.15, 0.2) is 0 Å². The van der Waals surface area contributed by atoms with Crippen LogP contribution in [0.2, 0.25) is 0 Å². The Hall–Kier alpha value is -2.36. The number of nitrogens with zero attached hydrogens (tertiary/aromatic N) is 2. The Bertz CT molecular complexity index is 971. The van der Waals surface area contributed by atoms with E-state index in [0.29, 0.717) is 5.52 Å². The molecule has 9 heteroatoms. The first kappa shape index (κ1) is 16.5. The van der Waals surface area contributed by atoms with Gasteiger partial charge in [0.05, 0.1) is 11.7 Å². The molecule has 3 aromatic rings. The fourth-order valence-corrected chi connectivity index (χ4v) is 4.23. The van der Waals surface area contributed by atoms with Crippen LogP contribution >= 0.6 is 11.7 Å². The molecule has 2 aromatic carbocycles. The van der Waals surface area contributed by atoms with Crippen molar-refractivity contribution in [3.8, 4) is 0 Å². The molecule has 24 heavy (non-hydrogen) atoms. The van der Waals surface area contributed by atoms with E-state index < -0.39 is 22.0 Å². The van der Waals surface area contributed by atoms with Gasteiger partial charge in [-0.2, -0.15) is 13.5 Å². The van der Waals surface area contributed by atoms with Crippen molar-refractivity contribution in [3.05, 3.63) is 54.1 Å². The molecular weight excluding hydrogens is 350 g/mol. The maximum atomic E-state index is 12.6. The third-order valence-electron chi connectivity index (χ3n) is 3.42. The fraction of sp³-hybridized carbons (Fsp3) is 0.133. The molecule has 0 aliphatic carbocycles. The number of hydrogen-bond acceptors (Lipinski definition) is 6. The Morgan fingerprint density at radius 3 is 2.58 bits per heavy atom. The molecule has 0 spiro atoms. The van der Waals surface area contributed by atoms with Crippen molar-refractivity contribution in [2.24, 2.45) is 0 Å². The van der Waals surface area contributed by atoms with Crippen molar-refractivity contribution in [1.29, 1.82) is 0 Å². The maximum Gasteiger partial charge on any atom is 0.322 e. The lowest BCUT2D eigenvalue weighted by Gasteiger charge is -2.15. The van der Waals surface area contributed by atoms with Crippen LogP contribution in [0, 0.1) is 0 Å². The second kappa shape index (κ2) is 6.63. The normalized spacial score (nSPS) is 13.0. The lowest BCUT2D eigenvalue weighted by Crippen LogP contribution is -2.42. The molecule has 0 bridgehead atoms. The molecule has 1 atom stereocenters. The van der Waals surface area contributed by atoms with Gasteiger partial charge in [-0.15, -0.1) is 0 Å². The summed E-state index contributed by atoms with van der Waals surface area (Å²) in [7, 11) is -4.05. The monoisotopic (exact) mass is 363 g/mol. The van der Waals surface area contributed by atoms with Crippen LogP contribution in [0.1, 0.15) is 5.56 Å². The zero-order chi connectivity index (χ0) is 17.2. The first-order valence-corrected chi connectivity index (χ1v) is 9.19. The van der Waals surface area contributed by atoms with Crippen LogP contribution in [0.25, 0.3) is 11.0 Å². The van der Waals surface area contributed by atoms with Gasteiger partial charge in [0.1, 0.15) is 22.0 Å². The molecule has 0 aliphatic rings. The van der Waals surface area contributed by atoms with Gasteiger partial charge in [0.25, 0.3) is 0 Å². The van der Waals surface area contributed by atoms with E-state index in [0.717, 1.165) is 17.3 Å². The van der Waals surface area contributed by atoms with Crippen molar-refractivity contribution in [3.63, 3.8) is 0 Å². The van der Waals surface area contributed by atoms with Gasteiger partial charge in [-0.3, -0.25) is 4.79 Å². The third-order valence-corrected chi connectivity index (χ3v) is 5.46. The molecule has 7 nitrogen and oxygen atoms in total. The Morgan fingerprint density at radius 1 is 1.12 bits per heavy atom. The van der Waals surface area contributed by atoms with Crippen molar-refractivity contribution in [2.75, 3.05) is 0 Å². The second-order valence-electron chi connectivity index (χ2n) is 5.09. The van der Waals surface area contributed by atoms with E-state index in [1.54, 1.807) is 42.5 Å². The standard InChI is InChI=1S/C15H13N3O4S2/c19-15(20)12(9-10-5-2-1-3-6-10)18-24(21,22)13-8-4-7-11-14(13)17-23-16-11/h1-8,12,18H,9H2,(H,19,20)/t12-/m0/s1. The summed E-state index contributed by atoms with van der Waals surface area (Å²) in [5, 5.41) is 9.37. The minimum atomic E-state index is -4.05. The van der Waals surface area contributed by atoms with Gasteiger partial charge < -0.3 is 5.11 Å². The molecule has 3 rings (SSSR count). The van der Waals surface area contributed by atoms with Gasteiger partial charge in [0.2, 0.25) is 10.0 Å². The minimum absolute atomic E-state index is 0.0424. The number of benzene rings is 2. The molecular formula is C15H13N3O4S2. The molecule has 0 unspecified atom stereocenters. The van der Waals surface area contributed by atoms with Crippen LogP contribution in [-0.4, -0.2) is 34.3 Å². The lowest BCUT2D eigenvalue weighted by molar-refractivity contribution is -0.138. The highest BCUT2D eigenvalue weighted by molar-refractivity contribution is 7.89. The summed E-state index contributed by atoms with van der Waals surface area (Å²) in [5.74, 6) is -1.24. The number of aliphatic carboxylic acids is 1. The molecule has 1 heterocycles. The number of sulfonamides is 1. The highest BCUT2D eigenvalue weighted by Gasteiger charge is 2.27. The first-order valence-electron chi connectivity index (χ1n) is 6.98. The second-order valence-corrected chi connectivity index (χ2v) is 7.30. The van der Waals surface area contributed by atoms with Gasteiger partial charge in [-0.05, 0) is 24.1 Å². The van der Waals surface area contributed by atoms with Crippen molar-refractivity contribution < 1.29 is 18.3 Å². The fourth-order valence-electron chi connectivity index (χ4n) is 2.28. The Labute approximate surface area is 142 Å². The van der Waals surface area contributed by atoms with Crippen LogP contribution in [0.3, 0.4) is 0 Å². The predicted molar refractivity (Wildman–Crippen MR) is 89.3 cm³/mol. The predicted octanol–water partition coefficient (Wildman–Crippen LogP) is 1.67. The summed E-state index contributed by atoms with van der Waals surface area (Å²) >= 11 is 0.902. The van der Waals surface area contributed by atoms with E-state index in [9.17, 15) is 18.3 Å². The zero-order valence-corrected chi connectivity index (χ0v) is 13.9. The molecule has 0 fully saturated rings. The average Bonchev–Trinajstić information content (AvgIpc) is 3.03. The SMILES string of the molecule is O=C(O)[C@H](Cc1ccccc1)NS(=O)(=O)c1cccc2nsnc12. The summed E-state index contributed by atoms with van der Waals surface area (Å²) in [4.78, 5) is 11.4. The number of carboxylic acid groups (broad SMARTS) is 1. The van der Waals surface area contributed by atoms with Crippen LogP contribution in [0.15, 0.2) is 53.4 Å². The molecule has 124 valence electrons. The molecule has 0 saturated carbocycles. The summed E-state index contributed by atoms with van der Waals surface area (Å²) in [6.45, 7) is 0. The molecule has 0 aliphatic heterocycles. The van der Waals surface area contributed by atoms with Gasteiger partial charge in [-0.1, -0.05) is 36.4 Å². The lowest BCUT2D eigenvalue weighted by atomic mass is 10.1. The topological polar surface area (TPSA) is 109 Å². The molecule has 0 radical (unpaired) electrons. The molecule has 1 aromatic heterocycles. The van der Waals surface area contributed by atoms with E-state index in [1.807, 2.05) is 0 Å². The highest BCUT2D eigenvalue weighted by atomic mass is 32.2. The Kier molecular flexibility index (Phi) is 4.56. The molecule has 2 N–H and O–H groups in total. The van der Waals surface area contributed by atoms with Crippen LogP contribution < -0.4 is 4.72 Å². The van der Waals surface area contributed by atoms with Crippen molar-refractivity contribution in [2.45, 2.75) is 17.4 Å². The quantitative estimate of drug-likeness (QED) is 0.689. The van der Waals surface area contributed by atoms with Crippen LogP contribution in [0.5, 0.6) is 0 Å². The smallest absolute Gasteiger partial charge is 0.322 e. The summed E-state index contributed by atoms with van der Waals surface area (Å²) < 4.78 is 35.5. The van der Waals surface area contributed by atoms with E-state index >= 15 is 0 Å². The number of nitrogens with one attached hydrogen (secondary N) is 1. The van der Waals surface area contributed by atoms with Crippen molar-refractivity contribution >= 4 is 38.8 Å². The van der Waals surface area contributed by atoms with Gasteiger partial charge in [-0.25, -0.2) is 8.42 Å². The van der Waals surface area contributed by atoms with E-state index in [4.69, 9.17) is 0 Å². The molecule has 0 saturated heterocycles. The largest absolute Gasteiger partial charge is 0.480 e. The number of carbonyl (C=O) groups is 1.